The summed E-state index contributed by atoms with van der Waals surface area (Å²) in [4.78, 5) is 33.6. The highest BCUT2D eigenvalue weighted by molar-refractivity contribution is 7.94. The summed E-state index contributed by atoms with van der Waals surface area (Å²) in [6, 6.07) is 7.63. The van der Waals surface area contributed by atoms with Gasteiger partial charge in [0.25, 0.3) is 0 Å². The average Bonchev–Trinajstić information content (AvgIpc) is 3.95. The van der Waals surface area contributed by atoms with Gasteiger partial charge in [-0.2, -0.15) is 5.10 Å². The molecule has 262 valence electrons. The Kier molecular flexibility index (Phi) is 8.73. The van der Waals surface area contributed by atoms with E-state index in [4.69, 9.17) is 19.6 Å². The van der Waals surface area contributed by atoms with Crippen LogP contribution in [0.2, 0.25) is 0 Å². The van der Waals surface area contributed by atoms with Crippen molar-refractivity contribution >= 4 is 32.6 Å². The van der Waals surface area contributed by atoms with E-state index in [1.807, 2.05) is 49.5 Å². The molecule has 49 heavy (non-hydrogen) atoms. The fourth-order valence-corrected chi connectivity index (χ4v) is 10.2. The predicted octanol–water partition coefficient (Wildman–Crippen LogP) is 5.24. The van der Waals surface area contributed by atoms with Gasteiger partial charge in [-0.15, -0.1) is 0 Å². The summed E-state index contributed by atoms with van der Waals surface area (Å²) < 4.78 is 41.6. The Hall–Kier alpha value is -3.93. The largest absolute Gasteiger partial charge is 0.496 e. The van der Waals surface area contributed by atoms with Gasteiger partial charge in [-0.3, -0.25) is 9.59 Å². The highest BCUT2D eigenvalue weighted by Crippen LogP contribution is 2.54. The number of aryl methyl sites for hydroxylation is 1. The number of nitrogens with zero attached hydrogens (tertiary/aromatic N) is 4. The number of aromatic nitrogens is 3. The highest BCUT2D eigenvalue weighted by atomic mass is 32.2. The molecule has 2 unspecified atom stereocenters. The van der Waals surface area contributed by atoms with Crippen molar-refractivity contribution in [3.05, 3.63) is 53.9 Å². The summed E-state index contributed by atoms with van der Waals surface area (Å²) in [6.07, 6.45) is 10.2. The molecule has 4 aliphatic rings. The summed E-state index contributed by atoms with van der Waals surface area (Å²) >= 11 is 0. The molecule has 3 saturated carbocycles. The van der Waals surface area contributed by atoms with Gasteiger partial charge in [-0.05, 0) is 82.4 Å². The third-order valence-electron chi connectivity index (χ3n) is 10.9. The number of fused-ring (bicyclic) bond motifs is 3. The Labute approximate surface area is 288 Å². The quantitative estimate of drug-likeness (QED) is 0.333. The van der Waals surface area contributed by atoms with Gasteiger partial charge in [-0.1, -0.05) is 26.0 Å². The summed E-state index contributed by atoms with van der Waals surface area (Å²) in [5, 5.41) is 8.15. The van der Waals surface area contributed by atoms with Crippen LogP contribution in [-0.4, -0.2) is 76.8 Å². The molecule has 3 fully saturated rings. The number of pyridine rings is 1. The van der Waals surface area contributed by atoms with Crippen LogP contribution in [0.1, 0.15) is 82.4 Å². The Morgan fingerprint density at radius 3 is 2.55 bits per heavy atom. The summed E-state index contributed by atoms with van der Waals surface area (Å²) in [5.41, 5.74) is 2.50. The van der Waals surface area contributed by atoms with Gasteiger partial charge in [0.15, 0.2) is 15.7 Å². The second-order valence-corrected chi connectivity index (χ2v) is 17.1. The van der Waals surface area contributed by atoms with E-state index < -0.39 is 37.9 Å². The van der Waals surface area contributed by atoms with Crippen LogP contribution < -0.4 is 14.8 Å². The fourth-order valence-electron chi connectivity index (χ4n) is 7.68. The van der Waals surface area contributed by atoms with E-state index >= 15 is 0 Å². The first-order valence-corrected chi connectivity index (χ1v) is 19.2. The minimum atomic E-state index is -3.57. The molecule has 3 aliphatic carbocycles. The Bertz CT molecular complexity index is 1920. The summed E-state index contributed by atoms with van der Waals surface area (Å²) in [7, 11) is -0.157. The lowest BCUT2D eigenvalue weighted by atomic mass is 9.93. The second kappa shape index (κ2) is 12.8. The van der Waals surface area contributed by atoms with E-state index in [0.29, 0.717) is 55.1 Å². The van der Waals surface area contributed by atoms with Crippen LogP contribution in [-0.2, 0) is 19.4 Å². The fraction of sp³-hybridized carbons (Fsp3) is 0.568. The van der Waals surface area contributed by atoms with Crippen LogP contribution in [0.25, 0.3) is 16.7 Å². The zero-order chi connectivity index (χ0) is 34.7. The average molecular weight is 690 g/mol. The monoisotopic (exact) mass is 689 g/mol. The van der Waals surface area contributed by atoms with E-state index in [1.54, 1.807) is 23.7 Å². The zero-order valence-electron chi connectivity index (χ0n) is 29.0. The van der Waals surface area contributed by atoms with Gasteiger partial charge in [0.1, 0.15) is 22.5 Å². The normalized spacial score (nSPS) is 28.5. The molecule has 7 rings (SSSR count). The summed E-state index contributed by atoms with van der Waals surface area (Å²) in [6.45, 7) is 6.72. The topological polar surface area (TPSA) is 133 Å². The van der Waals surface area contributed by atoms with Crippen LogP contribution in [0.5, 0.6) is 11.5 Å². The van der Waals surface area contributed by atoms with Crippen molar-refractivity contribution < 1.29 is 27.5 Å². The molecule has 1 aliphatic heterocycles. The van der Waals surface area contributed by atoms with E-state index in [2.05, 4.69) is 19.2 Å². The summed E-state index contributed by atoms with van der Waals surface area (Å²) in [5.74, 6) is -0.0145. The molecule has 11 nitrogen and oxygen atoms in total. The van der Waals surface area contributed by atoms with Crippen molar-refractivity contribution in [1.82, 2.24) is 25.0 Å². The maximum Gasteiger partial charge on any atom is 0.226 e. The Balaban J connectivity index is 1.23. The lowest BCUT2D eigenvalue weighted by Crippen LogP contribution is -2.50. The molecule has 0 saturated heterocycles. The molecule has 3 heterocycles. The minimum absolute atomic E-state index is 0.107. The first kappa shape index (κ1) is 33.6. The second-order valence-electron chi connectivity index (χ2n) is 14.6. The van der Waals surface area contributed by atoms with Gasteiger partial charge in [0.05, 0.1) is 35.4 Å². The van der Waals surface area contributed by atoms with Crippen LogP contribution in [0.15, 0.2) is 42.6 Å². The molecule has 0 bridgehead atoms. The number of allylic oxidation sites excluding steroid dienone is 1. The van der Waals surface area contributed by atoms with Gasteiger partial charge in [0, 0.05) is 42.7 Å². The number of carbonyl (C=O) groups is 2. The predicted molar refractivity (Wildman–Crippen MR) is 186 cm³/mol. The van der Waals surface area contributed by atoms with E-state index in [0.717, 1.165) is 35.9 Å². The maximum absolute atomic E-state index is 14.2. The number of hydrogen-bond acceptors (Lipinski definition) is 8. The lowest BCUT2D eigenvalue weighted by Gasteiger charge is -2.27. The number of ether oxygens (including phenoxy) is 2. The molecular weight excluding hydrogens is 643 g/mol. The number of sulfone groups is 1. The standard InChI is InChI=1S/C37H47N5O6S/c1-22(2)30-15-17-42(40-30)33-20-32(27-13-14-31(47-5)23(3)34(27)38-33)48-25-18-28-29(19-25)36(44)41(4)16-9-7-6-8-10-24-21-37(24,39-35(28)43)49(45,46)26-11-12-26/h8,10,13-15,17,20,22,24-26,28-29H,6-7,9,11-12,16,18-19,21H2,1-5H3,(H,39,43)/b10-8-/t24-,25?,28-,29?,37+/m1/s1. The Morgan fingerprint density at radius 2 is 1.84 bits per heavy atom. The number of nitrogens with one attached hydrogen (secondary N) is 1. The molecule has 1 aromatic carbocycles. The van der Waals surface area contributed by atoms with Crippen molar-refractivity contribution in [2.75, 3.05) is 20.7 Å². The SMILES string of the molecule is COc1ccc2c(OC3CC4C(=O)N(C)CCCC/C=C\[C@@H]5C[C@@]5(S(=O)(=O)C5CC5)NC(=O)[C@@H]4C3)cc(-n3ccc(C(C)C)n3)nc2c1C. The smallest absolute Gasteiger partial charge is 0.226 e. The first-order valence-electron chi connectivity index (χ1n) is 17.6. The van der Waals surface area contributed by atoms with E-state index in [9.17, 15) is 18.0 Å². The Morgan fingerprint density at radius 1 is 1.06 bits per heavy atom. The minimum Gasteiger partial charge on any atom is -0.496 e. The molecule has 2 aromatic heterocycles. The van der Waals surface area contributed by atoms with Crippen molar-refractivity contribution in [3.8, 4) is 17.3 Å². The molecule has 0 spiro atoms. The van der Waals surface area contributed by atoms with E-state index in [-0.39, 0.29) is 30.1 Å². The number of methoxy groups -OCH3 is 1. The molecule has 0 radical (unpaired) electrons. The molecule has 3 aromatic rings. The number of amides is 2. The lowest BCUT2D eigenvalue weighted by molar-refractivity contribution is -0.140. The van der Waals surface area contributed by atoms with Crippen LogP contribution >= 0.6 is 0 Å². The van der Waals surface area contributed by atoms with Crippen LogP contribution in [0.4, 0.5) is 0 Å². The van der Waals surface area contributed by atoms with Crippen LogP contribution in [0.3, 0.4) is 0 Å². The maximum atomic E-state index is 14.2. The van der Waals surface area contributed by atoms with Gasteiger partial charge >= 0.3 is 0 Å². The third kappa shape index (κ3) is 6.10. The van der Waals surface area contributed by atoms with Crippen molar-refractivity contribution in [2.45, 2.75) is 94.3 Å². The van der Waals surface area contributed by atoms with Crippen LogP contribution in [0, 0.1) is 24.7 Å². The molecule has 2 amide bonds. The van der Waals surface area contributed by atoms with Crippen molar-refractivity contribution in [3.63, 3.8) is 0 Å². The highest BCUT2D eigenvalue weighted by Gasteiger charge is 2.67. The van der Waals surface area contributed by atoms with Crippen molar-refractivity contribution in [2.24, 2.45) is 17.8 Å². The van der Waals surface area contributed by atoms with E-state index in [1.165, 1.54) is 0 Å². The number of benzene rings is 1. The molecule has 1 N–H and O–H groups in total. The number of rotatable bonds is 7. The number of hydrogen-bond donors (Lipinski definition) is 1. The first-order chi connectivity index (χ1) is 23.4. The van der Waals surface area contributed by atoms with Gasteiger partial charge in [0.2, 0.25) is 11.8 Å². The van der Waals surface area contributed by atoms with Gasteiger partial charge < -0.3 is 19.7 Å². The molecule has 12 heteroatoms. The third-order valence-corrected chi connectivity index (χ3v) is 13.8. The molecular formula is C37H47N5O6S. The molecule has 5 atom stereocenters. The van der Waals surface area contributed by atoms with Crippen molar-refractivity contribution in [1.29, 1.82) is 0 Å². The number of carbonyl (C=O) groups excluding carboxylic acids is 2. The zero-order valence-corrected chi connectivity index (χ0v) is 29.8. The van der Waals surface area contributed by atoms with Gasteiger partial charge in [-0.25, -0.2) is 18.1 Å².